The number of carbonyl (C=O) groups excluding carboxylic acids is 1. The average Bonchev–Trinajstić information content (AvgIpc) is 2.84. The zero-order valence-corrected chi connectivity index (χ0v) is 11.3. The van der Waals surface area contributed by atoms with Crippen molar-refractivity contribution < 1.29 is 9.18 Å². The minimum absolute atomic E-state index is 0.0428. The van der Waals surface area contributed by atoms with E-state index in [1.807, 2.05) is 0 Å². The number of hydrogen-bond donors (Lipinski definition) is 0. The standard InChI is InChI=1S/C11H12FN5OS/c1-16(2)10(18)7-19-11-13-14-15-17(11)9-5-3-4-8(12)6-9/h3-6H,7H2,1-2H3. The van der Waals surface area contributed by atoms with Crippen LogP contribution in [0.2, 0.25) is 0 Å². The monoisotopic (exact) mass is 281 g/mol. The molecule has 0 aliphatic carbocycles. The number of hydrogen-bond acceptors (Lipinski definition) is 5. The predicted octanol–water partition coefficient (Wildman–Crippen LogP) is 0.982. The van der Waals surface area contributed by atoms with Crippen LogP contribution in [0.4, 0.5) is 4.39 Å². The largest absolute Gasteiger partial charge is 0.348 e. The van der Waals surface area contributed by atoms with Gasteiger partial charge in [0.05, 0.1) is 11.4 Å². The average molecular weight is 281 g/mol. The number of tetrazole rings is 1. The van der Waals surface area contributed by atoms with E-state index in [4.69, 9.17) is 0 Å². The summed E-state index contributed by atoms with van der Waals surface area (Å²) in [4.78, 5) is 13.0. The second-order valence-corrected chi connectivity index (χ2v) is 4.87. The van der Waals surface area contributed by atoms with Crippen molar-refractivity contribution in [3.05, 3.63) is 30.1 Å². The third kappa shape index (κ3) is 3.28. The Kier molecular flexibility index (Phi) is 4.10. The molecular weight excluding hydrogens is 269 g/mol. The fourth-order valence-corrected chi connectivity index (χ4v) is 2.16. The van der Waals surface area contributed by atoms with E-state index in [0.29, 0.717) is 10.8 Å². The number of halogens is 1. The van der Waals surface area contributed by atoms with Gasteiger partial charge in [0.1, 0.15) is 5.82 Å². The maximum atomic E-state index is 13.2. The fourth-order valence-electron chi connectivity index (χ4n) is 1.29. The number of aromatic nitrogens is 4. The van der Waals surface area contributed by atoms with Gasteiger partial charge in [0, 0.05) is 14.1 Å². The molecule has 0 spiro atoms. The maximum absolute atomic E-state index is 13.2. The molecule has 0 saturated carbocycles. The molecule has 0 unspecified atom stereocenters. The van der Waals surface area contributed by atoms with E-state index in [1.165, 1.54) is 33.5 Å². The lowest BCUT2D eigenvalue weighted by atomic mass is 10.3. The van der Waals surface area contributed by atoms with Gasteiger partial charge in [-0.2, -0.15) is 4.68 Å². The molecule has 2 rings (SSSR count). The van der Waals surface area contributed by atoms with Crippen molar-refractivity contribution in [1.82, 2.24) is 25.1 Å². The molecule has 2 aromatic rings. The van der Waals surface area contributed by atoms with E-state index in [2.05, 4.69) is 15.5 Å². The lowest BCUT2D eigenvalue weighted by Crippen LogP contribution is -2.23. The zero-order chi connectivity index (χ0) is 13.8. The Morgan fingerprint density at radius 2 is 2.26 bits per heavy atom. The molecule has 8 heteroatoms. The first-order valence-electron chi connectivity index (χ1n) is 5.45. The summed E-state index contributed by atoms with van der Waals surface area (Å²) in [6.45, 7) is 0. The highest BCUT2D eigenvalue weighted by atomic mass is 32.2. The normalized spacial score (nSPS) is 10.5. The zero-order valence-electron chi connectivity index (χ0n) is 10.4. The molecule has 1 aromatic carbocycles. The van der Waals surface area contributed by atoms with Gasteiger partial charge in [-0.3, -0.25) is 4.79 Å². The van der Waals surface area contributed by atoms with Crippen LogP contribution in [-0.2, 0) is 4.79 Å². The summed E-state index contributed by atoms with van der Waals surface area (Å²) in [7, 11) is 3.36. The summed E-state index contributed by atoms with van der Waals surface area (Å²) in [5.41, 5.74) is 0.518. The van der Waals surface area contributed by atoms with Gasteiger partial charge in [0.25, 0.3) is 0 Å². The third-order valence-corrected chi connectivity index (χ3v) is 3.22. The number of thioether (sulfide) groups is 1. The van der Waals surface area contributed by atoms with E-state index in [9.17, 15) is 9.18 Å². The minimum atomic E-state index is -0.367. The molecule has 19 heavy (non-hydrogen) atoms. The van der Waals surface area contributed by atoms with Crippen molar-refractivity contribution >= 4 is 17.7 Å². The van der Waals surface area contributed by atoms with E-state index in [1.54, 1.807) is 26.2 Å². The smallest absolute Gasteiger partial charge is 0.232 e. The van der Waals surface area contributed by atoms with Crippen LogP contribution in [0.25, 0.3) is 5.69 Å². The van der Waals surface area contributed by atoms with Crippen LogP contribution >= 0.6 is 11.8 Å². The van der Waals surface area contributed by atoms with Gasteiger partial charge in [0.2, 0.25) is 11.1 Å². The summed E-state index contributed by atoms with van der Waals surface area (Å²) in [6.07, 6.45) is 0. The predicted molar refractivity (Wildman–Crippen MR) is 68.5 cm³/mol. The van der Waals surface area contributed by atoms with E-state index in [0.717, 1.165) is 0 Å². The topological polar surface area (TPSA) is 63.9 Å². The lowest BCUT2D eigenvalue weighted by molar-refractivity contribution is -0.125. The highest BCUT2D eigenvalue weighted by Gasteiger charge is 2.12. The van der Waals surface area contributed by atoms with Crippen molar-refractivity contribution in [2.24, 2.45) is 0 Å². The fraction of sp³-hybridized carbons (Fsp3) is 0.273. The second kappa shape index (κ2) is 5.79. The van der Waals surface area contributed by atoms with Crippen LogP contribution in [0.5, 0.6) is 0 Å². The molecule has 0 fully saturated rings. The van der Waals surface area contributed by atoms with E-state index < -0.39 is 0 Å². The molecule has 100 valence electrons. The molecule has 0 atom stereocenters. The van der Waals surface area contributed by atoms with Crippen LogP contribution in [0.3, 0.4) is 0 Å². The number of carbonyl (C=O) groups is 1. The molecule has 0 aliphatic heterocycles. The van der Waals surface area contributed by atoms with Gasteiger partial charge >= 0.3 is 0 Å². The van der Waals surface area contributed by atoms with Crippen LogP contribution < -0.4 is 0 Å². The van der Waals surface area contributed by atoms with Crippen LogP contribution in [0.15, 0.2) is 29.4 Å². The molecule has 0 saturated heterocycles. The molecule has 0 radical (unpaired) electrons. The van der Waals surface area contributed by atoms with Gasteiger partial charge in [-0.1, -0.05) is 17.8 Å². The number of benzene rings is 1. The summed E-state index contributed by atoms with van der Waals surface area (Å²) in [5.74, 6) is -0.185. The number of nitrogens with zero attached hydrogens (tertiary/aromatic N) is 5. The first-order chi connectivity index (χ1) is 9.08. The summed E-state index contributed by atoms with van der Waals surface area (Å²) in [5, 5.41) is 11.6. The Morgan fingerprint density at radius 3 is 2.95 bits per heavy atom. The molecule has 1 heterocycles. The first kappa shape index (κ1) is 13.5. The molecular formula is C11H12FN5OS. The van der Waals surface area contributed by atoms with Crippen molar-refractivity contribution in [1.29, 1.82) is 0 Å². The van der Waals surface area contributed by atoms with Crippen LogP contribution in [0, 0.1) is 5.82 Å². The van der Waals surface area contributed by atoms with Gasteiger partial charge in [-0.15, -0.1) is 5.10 Å². The third-order valence-electron chi connectivity index (χ3n) is 2.32. The Hall–Kier alpha value is -1.96. The maximum Gasteiger partial charge on any atom is 0.232 e. The van der Waals surface area contributed by atoms with Crippen LogP contribution in [0.1, 0.15) is 0 Å². The summed E-state index contributed by atoms with van der Waals surface area (Å²) >= 11 is 1.20. The van der Waals surface area contributed by atoms with Crippen molar-refractivity contribution in [3.8, 4) is 5.69 Å². The molecule has 0 bridgehead atoms. The molecule has 0 aliphatic rings. The summed E-state index contributed by atoms with van der Waals surface area (Å²) < 4.78 is 14.6. The molecule has 1 amide bonds. The van der Waals surface area contributed by atoms with Crippen molar-refractivity contribution in [2.75, 3.05) is 19.8 Å². The minimum Gasteiger partial charge on any atom is -0.348 e. The van der Waals surface area contributed by atoms with Gasteiger partial charge < -0.3 is 4.90 Å². The van der Waals surface area contributed by atoms with Crippen molar-refractivity contribution in [2.45, 2.75) is 5.16 Å². The van der Waals surface area contributed by atoms with Crippen LogP contribution in [-0.4, -0.2) is 50.9 Å². The van der Waals surface area contributed by atoms with Gasteiger partial charge in [0.15, 0.2) is 0 Å². The second-order valence-electron chi connectivity index (χ2n) is 3.93. The lowest BCUT2D eigenvalue weighted by Gasteiger charge is -2.09. The van der Waals surface area contributed by atoms with Gasteiger partial charge in [-0.05, 0) is 28.6 Å². The SMILES string of the molecule is CN(C)C(=O)CSc1nnnn1-c1cccc(F)c1. The number of rotatable bonds is 4. The van der Waals surface area contributed by atoms with Crippen molar-refractivity contribution in [3.63, 3.8) is 0 Å². The molecule has 6 nitrogen and oxygen atoms in total. The Balaban J connectivity index is 2.16. The Morgan fingerprint density at radius 1 is 1.47 bits per heavy atom. The Bertz CT molecular complexity index is 586. The number of amides is 1. The van der Waals surface area contributed by atoms with Gasteiger partial charge in [-0.25, -0.2) is 4.39 Å². The molecule has 1 aromatic heterocycles. The van der Waals surface area contributed by atoms with E-state index in [-0.39, 0.29) is 17.5 Å². The highest BCUT2D eigenvalue weighted by molar-refractivity contribution is 7.99. The quantitative estimate of drug-likeness (QED) is 0.782. The van der Waals surface area contributed by atoms with E-state index >= 15 is 0 Å². The first-order valence-corrected chi connectivity index (χ1v) is 6.44. The molecule has 0 N–H and O–H groups in total. The summed E-state index contributed by atoms with van der Waals surface area (Å²) in [6, 6.07) is 5.94. The Labute approximate surface area is 113 Å². The highest BCUT2D eigenvalue weighted by Crippen LogP contribution is 2.18.